The Morgan fingerprint density at radius 3 is 2.22 bits per heavy atom. The summed E-state index contributed by atoms with van der Waals surface area (Å²) in [6, 6.07) is 0. The third-order valence-corrected chi connectivity index (χ3v) is 17.8. The number of carbonyl (C=O) groups is 1. The van der Waals surface area contributed by atoms with E-state index in [9.17, 15) is 9.90 Å². The van der Waals surface area contributed by atoms with Gasteiger partial charge < -0.3 is 28.1 Å². The summed E-state index contributed by atoms with van der Waals surface area (Å²) in [5.41, 5.74) is 1.54. The molecule has 0 radical (unpaired) electrons. The zero-order valence-electron chi connectivity index (χ0n) is 23.3. The molecule has 4 atom stereocenters. The highest BCUT2D eigenvalue weighted by atomic mass is 28.5. The van der Waals surface area contributed by atoms with Crippen LogP contribution in [0.1, 0.15) is 68.5 Å². The molecule has 2 saturated heterocycles. The van der Waals surface area contributed by atoms with E-state index >= 15 is 0 Å². The summed E-state index contributed by atoms with van der Waals surface area (Å²) in [6.07, 6.45) is -0.0444. The molecule has 2 N–H and O–H groups in total. The molecule has 0 bridgehead atoms. The average Bonchev–Trinajstić information content (AvgIpc) is 3.34. The SMILES string of the molecule is CC(=O)Nc1ncnc2c1ncn2[C@@H]1O[C@@H]2CO[Si](C(C)C)(C(C)C)O[Si](C(C)C)(C(C)C)OC2[C@@H]1O. The van der Waals surface area contributed by atoms with E-state index in [1.54, 1.807) is 10.9 Å². The van der Waals surface area contributed by atoms with Crippen molar-refractivity contribution in [3.05, 3.63) is 12.7 Å². The summed E-state index contributed by atoms with van der Waals surface area (Å²) < 4.78 is 29.1. The second kappa shape index (κ2) is 10.4. The molecule has 1 unspecified atom stereocenters. The summed E-state index contributed by atoms with van der Waals surface area (Å²) in [6.45, 7) is 18.9. The van der Waals surface area contributed by atoms with E-state index in [1.165, 1.54) is 13.3 Å². The maximum atomic E-state index is 11.6. The Kier molecular flexibility index (Phi) is 7.97. The molecule has 0 saturated carbocycles. The van der Waals surface area contributed by atoms with Gasteiger partial charge in [-0.2, -0.15) is 0 Å². The molecule has 206 valence electrons. The maximum absolute atomic E-state index is 11.6. The number of rotatable bonds is 6. The molecule has 4 rings (SSSR count). The van der Waals surface area contributed by atoms with Crippen molar-refractivity contribution in [3.8, 4) is 0 Å². The molecular weight excluding hydrogens is 510 g/mol. The molecular formula is C24H41N5O6Si2. The van der Waals surface area contributed by atoms with Gasteiger partial charge in [-0.3, -0.25) is 9.36 Å². The number of imidazole rings is 1. The third kappa shape index (κ3) is 4.79. The Hall–Kier alpha value is -1.75. The molecule has 1 amide bonds. The molecule has 2 fully saturated rings. The van der Waals surface area contributed by atoms with Gasteiger partial charge in [0.2, 0.25) is 5.91 Å². The first-order valence-electron chi connectivity index (χ1n) is 13.1. The standard InChI is InChI=1S/C24H41N5O6Si2/c1-13(2)36(14(3)4)32-10-18-21(34-37(35-36,15(5)6)16(7)8)20(31)24(33-18)29-12-27-19-22(28-17(9)30)25-11-26-23(19)29/h11-16,18,20-21,24,31H,10H2,1-9H3,(H,25,26,28,30)/t18-,20+,21?,24-/m1/s1. The van der Waals surface area contributed by atoms with Crippen LogP contribution in [-0.2, 0) is 22.5 Å². The van der Waals surface area contributed by atoms with Crippen molar-refractivity contribution in [2.75, 3.05) is 11.9 Å². The van der Waals surface area contributed by atoms with E-state index in [4.69, 9.17) is 17.7 Å². The van der Waals surface area contributed by atoms with Crippen molar-refractivity contribution >= 4 is 40.0 Å². The predicted octanol–water partition coefficient (Wildman–Crippen LogP) is 4.00. The molecule has 2 aromatic heterocycles. The number of hydrogen-bond donors (Lipinski definition) is 2. The van der Waals surface area contributed by atoms with E-state index in [0.717, 1.165) is 0 Å². The summed E-state index contributed by atoms with van der Waals surface area (Å²) in [7, 11) is -5.63. The first-order valence-corrected chi connectivity index (χ1v) is 17.1. The monoisotopic (exact) mass is 551 g/mol. The fourth-order valence-corrected chi connectivity index (χ4v) is 16.9. The number of aliphatic hydroxyl groups is 1. The predicted molar refractivity (Wildman–Crippen MR) is 143 cm³/mol. The van der Waals surface area contributed by atoms with E-state index < -0.39 is 41.7 Å². The van der Waals surface area contributed by atoms with Crippen LogP contribution >= 0.6 is 0 Å². The second-order valence-electron chi connectivity index (χ2n) is 11.3. The largest absolute Gasteiger partial charge is 0.414 e. The van der Waals surface area contributed by atoms with Crippen LogP contribution in [0.3, 0.4) is 0 Å². The number of anilines is 1. The fraction of sp³-hybridized carbons (Fsp3) is 0.750. The van der Waals surface area contributed by atoms with Gasteiger partial charge in [0.05, 0.1) is 12.9 Å². The van der Waals surface area contributed by atoms with Crippen LogP contribution in [-0.4, -0.2) is 72.6 Å². The topological polar surface area (TPSA) is 130 Å². The van der Waals surface area contributed by atoms with Crippen LogP contribution < -0.4 is 5.32 Å². The fourth-order valence-electron chi connectivity index (χ4n) is 5.66. The Bertz CT molecular complexity index is 1110. The van der Waals surface area contributed by atoms with Crippen molar-refractivity contribution in [3.63, 3.8) is 0 Å². The van der Waals surface area contributed by atoms with Gasteiger partial charge >= 0.3 is 17.1 Å². The molecule has 0 spiro atoms. The molecule has 0 aromatic carbocycles. The Labute approximate surface area is 220 Å². The first kappa shape index (κ1) is 28.3. The minimum Gasteiger partial charge on any atom is -0.414 e. The first-order chi connectivity index (χ1) is 17.3. The van der Waals surface area contributed by atoms with Gasteiger partial charge in [-0.15, -0.1) is 0 Å². The van der Waals surface area contributed by atoms with E-state index in [0.29, 0.717) is 17.0 Å². The average molecular weight is 552 g/mol. The lowest BCUT2D eigenvalue weighted by Crippen LogP contribution is -2.65. The number of nitrogens with one attached hydrogen (secondary N) is 1. The van der Waals surface area contributed by atoms with Gasteiger partial charge in [0.15, 0.2) is 23.2 Å². The summed E-state index contributed by atoms with van der Waals surface area (Å²) >= 11 is 0. The summed E-state index contributed by atoms with van der Waals surface area (Å²) in [5, 5.41) is 14.3. The third-order valence-electron chi connectivity index (χ3n) is 7.57. The van der Waals surface area contributed by atoms with E-state index in [1.807, 2.05) is 0 Å². The molecule has 13 heteroatoms. The lowest BCUT2D eigenvalue weighted by atomic mass is 10.1. The van der Waals surface area contributed by atoms with Gasteiger partial charge in [-0.1, -0.05) is 55.4 Å². The van der Waals surface area contributed by atoms with E-state index in [-0.39, 0.29) is 34.7 Å². The van der Waals surface area contributed by atoms with Gasteiger partial charge in [0, 0.05) is 6.92 Å². The number of fused-ring (bicyclic) bond motifs is 2. The normalized spacial score (nSPS) is 27.6. The summed E-state index contributed by atoms with van der Waals surface area (Å²) in [4.78, 5) is 24.5. The number of hydrogen-bond acceptors (Lipinski definition) is 9. The van der Waals surface area contributed by atoms with Gasteiger partial charge in [0.1, 0.15) is 24.6 Å². The second-order valence-corrected chi connectivity index (χ2v) is 20.2. The van der Waals surface area contributed by atoms with Crippen molar-refractivity contribution in [2.45, 2.75) is 109 Å². The number of aliphatic hydroxyl groups excluding tert-OH is 1. The number of amides is 1. The smallest absolute Gasteiger partial charge is 0.335 e. The van der Waals surface area contributed by atoms with E-state index in [2.05, 4.69) is 75.7 Å². The maximum Gasteiger partial charge on any atom is 0.335 e. The lowest BCUT2D eigenvalue weighted by molar-refractivity contribution is -0.114. The zero-order chi connectivity index (χ0) is 27.3. The highest BCUT2D eigenvalue weighted by molar-refractivity contribution is 6.84. The Morgan fingerprint density at radius 1 is 1.03 bits per heavy atom. The van der Waals surface area contributed by atoms with Crippen molar-refractivity contribution in [2.24, 2.45) is 0 Å². The van der Waals surface area contributed by atoms with Crippen LogP contribution in [0.2, 0.25) is 22.2 Å². The number of nitrogens with zero attached hydrogens (tertiary/aromatic N) is 4. The van der Waals surface area contributed by atoms with Gasteiger partial charge in [-0.05, 0) is 22.2 Å². The van der Waals surface area contributed by atoms with Crippen LogP contribution in [0.25, 0.3) is 11.2 Å². The Morgan fingerprint density at radius 2 is 1.65 bits per heavy atom. The molecule has 4 heterocycles. The number of aromatic nitrogens is 4. The highest BCUT2D eigenvalue weighted by Gasteiger charge is 2.61. The van der Waals surface area contributed by atoms with Gasteiger partial charge in [0.25, 0.3) is 0 Å². The Balaban J connectivity index is 1.76. The molecule has 2 aliphatic rings. The van der Waals surface area contributed by atoms with Crippen molar-refractivity contribution in [1.82, 2.24) is 19.5 Å². The lowest BCUT2D eigenvalue weighted by Gasteiger charge is -2.51. The quantitative estimate of drug-likeness (QED) is 0.512. The molecule has 37 heavy (non-hydrogen) atoms. The summed E-state index contributed by atoms with van der Waals surface area (Å²) in [5.74, 6) is 0.0424. The molecule has 2 aromatic rings. The highest BCUT2D eigenvalue weighted by Crippen LogP contribution is 2.48. The molecule has 2 aliphatic heterocycles. The molecule has 0 aliphatic carbocycles. The van der Waals surface area contributed by atoms with Crippen LogP contribution in [0.4, 0.5) is 5.82 Å². The number of carbonyl (C=O) groups excluding carboxylic acids is 1. The molecule has 11 nitrogen and oxygen atoms in total. The van der Waals surface area contributed by atoms with Crippen molar-refractivity contribution in [1.29, 1.82) is 0 Å². The van der Waals surface area contributed by atoms with Crippen LogP contribution in [0.15, 0.2) is 12.7 Å². The minimum atomic E-state index is -2.91. The van der Waals surface area contributed by atoms with Crippen molar-refractivity contribution < 1.29 is 27.6 Å². The van der Waals surface area contributed by atoms with Gasteiger partial charge in [-0.25, -0.2) is 15.0 Å². The minimum absolute atomic E-state index is 0.132. The van der Waals surface area contributed by atoms with Crippen LogP contribution in [0.5, 0.6) is 0 Å². The van der Waals surface area contributed by atoms with Crippen LogP contribution in [0, 0.1) is 0 Å². The number of ether oxygens (including phenoxy) is 1. The zero-order valence-corrected chi connectivity index (χ0v) is 25.3.